The van der Waals surface area contributed by atoms with Crippen LogP contribution in [-0.2, 0) is 16.0 Å². The maximum Gasteiger partial charge on any atom is 0.251 e. The Hall–Kier alpha value is -2.42. The van der Waals surface area contributed by atoms with Gasteiger partial charge in [-0.25, -0.2) is 0 Å². The van der Waals surface area contributed by atoms with E-state index in [0.29, 0.717) is 36.5 Å². The standard InChI is InChI=1S/C21H25ClN4O3S/c22-17-3-1-16(2-4-17)19(28)24-10-11-25-20(29)21(6-8-23-9-7-21)26-18(27)13-15-5-12-30-14-15/h1-5,12,14,23H,6-11,13H2,(H,24,28)(H,25,29)(H,26,27). The molecule has 7 nitrogen and oxygen atoms in total. The quantitative estimate of drug-likeness (QED) is 0.462. The summed E-state index contributed by atoms with van der Waals surface area (Å²) < 4.78 is 0. The molecule has 2 heterocycles. The van der Waals surface area contributed by atoms with Gasteiger partial charge in [0.1, 0.15) is 5.54 Å². The van der Waals surface area contributed by atoms with Crippen LogP contribution >= 0.6 is 22.9 Å². The molecule has 1 aromatic carbocycles. The first-order chi connectivity index (χ1) is 14.5. The van der Waals surface area contributed by atoms with Gasteiger partial charge in [-0.05, 0) is 72.6 Å². The fraction of sp³-hybridized carbons (Fsp3) is 0.381. The van der Waals surface area contributed by atoms with E-state index in [0.717, 1.165) is 5.56 Å². The first-order valence-corrected chi connectivity index (χ1v) is 11.2. The molecule has 3 amide bonds. The zero-order valence-corrected chi connectivity index (χ0v) is 18.1. The number of piperidine rings is 1. The van der Waals surface area contributed by atoms with E-state index in [2.05, 4.69) is 21.3 Å². The lowest BCUT2D eigenvalue weighted by Gasteiger charge is -2.37. The summed E-state index contributed by atoms with van der Waals surface area (Å²) in [5.41, 5.74) is 0.506. The molecule has 0 saturated carbocycles. The predicted octanol–water partition coefficient (Wildman–Crippen LogP) is 1.73. The highest BCUT2D eigenvalue weighted by atomic mass is 35.5. The van der Waals surface area contributed by atoms with E-state index in [-0.39, 0.29) is 37.2 Å². The predicted molar refractivity (Wildman–Crippen MR) is 118 cm³/mol. The van der Waals surface area contributed by atoms with E-state index in [1.165, 1.54) is 11.3 Å². The van der Waals surface area contributed by atoms with Gasteiger partial charge < -0.3 is 21.3 Å². The van der Waals surface area contributed by atoms with Crippen molar-refractivity contribution in [3.8, 4) is 0 Å². The van der Waals surface area contributed by atoms with Crippen molar-refractivity contribution < 1.29 is 14.4 Å². The third-order valence-corrected chi connectivity index (χ3v) is 6.00. The Labute approximate surface area is 184 Å². The van der Waals surface area contributed by atoms with Gasteiger partial charge >= 0.3 is 0 Å². The number of halogens is 1. The zero-order chi connectivity index (χ0) is 21.4. The third kappa shape index (κ3) is 6.04. The maximum absolute atomic E-state index is 12.9. The molecule has 1 aliphatic heterocycles. The van der Waals surface area contributed by atoms with Gasteiger partial charge in [0.05, 0.1) is 6.42 Å². The van der Waals surface area contributed by atoms with Crippen LogP contribution in [0, 0.1) is 0 Å². The summed E-state index contributed by atoms with van der Waals surface area (Å²) in [4.78, 5) is 37.6. The normalized spacial score (nSPS) is 15.2. The van der Waals surface area contributed by atoms with Crippen molar-refractivity contribution in [2.24, 2.45) is 0 Å². The first-order valence-electron chi connectivity index (χ1n) is 9.83. The number of thiophene rings is 1. The molecule has 0 bridgehead atoms. The largest absolute Gasteiger partial charge is 0.352 e. The Balaban J connectivity index is 1.50. The lowest BCUT2D eigenvalue weighted by molar-refractivity contribution is -0.134. The molecule has 4 N–H and O–H groups in total. The number of amides is 3. The average Bonchev–Trinajstić information content (AvgIpc) is 3.24. The Bertz CT molecular complexity index is 865. The number of rotatable bonds is 8. The number of hydrogen-bond donors (Lipinski definition) is 4. The monoisotopic (exact) mass is 448 g/mol. The van der Waals surface area contributed by atoms with Crippen molar-refractivity contribution in [2.45, 2.75) is 24.8 Å². The number of carbonyl (C=O) groups is 3. The summed E-state index contributed by atoms with van der Waals surface area (Å²) in [6.07, 6.45) is 1.29. The second-order valence-electron chi connectivity index (χ2n) is 7.21. The summed E-state index contributed by atoms with van der Waals surface area (Å²) in [6.45, 7) is 1.86. The molecule has 1 fully saturated rings. The Morgan fingerprint density at radius 2 is 1.73 bits per heavy atom. The minimum atomic E-state index is -0.932. The van der Waals surface area contributed by atoms with Gasteiger partial charge in [-0.15, -0.1) is 0 Å². The highest BCUT2D eigenvalue weighted by Gasteiger charge is 2.40. The van der Waals surface area contributed by atoms with Gasteiger partial charge in [0, 0.05) is 23.7 Å². The molecule has 0 unspecified atom stereocenters. The van der Waals surface area contributed by atoms with Crippen molar-refractivity contribution >= 4 is 40.7 Å². The molecule has 3 rings (SSSR count). The molecular weight excluding hydrogens is 424 g/mol. The molecule has 0 atom stereocenters. The minimum Gasteiger partial charge on any atom is -0.352 e. The molecule has 0 spiro atoms. The summed E-state index contributed by atoms with van der Waals surface area (Å²) >= 11 is 7.36. The number of benzene rings is 1. The minimum absolute atomic E-state index is 0.165. The summed E-state index contributed by atoms with van der Waals surface area (Å²) in [7, 11) is 0. The fourth-order valence-corrected chi connectivity index (χ4v) is 4.17. The number of hydrogen-bond acceptors (Lipinski definition) is 5. The molecule has 1 aliphatic rings. The molecule has 160 valence electrons. The summed E-state index contributed by atoms with van der Waals surface area (Å²) in [5.74, 6) is -0.619. The van der Waals surface area contributed by atoms with Crippen LogP contribution in [0.2, 0.25) is 5.02 Å². The molecule has 9 heteroatoms. The molecule has 30 heavy (non-hydrogen) atoms. The van der Waals surface area contributed by atoms with Crippen LogP contribution in [0.1, 0.15) is 28.8 Å². The van der Waals surface area contributed by atoms with Crippen LogP contribution in [0.3, 0.4) is 0 Å². The summed E-state index contributed by atoms with van der Waals surface area (Å²) in [6, 6.07) is 8.49. The van der Waals surface area contributed by atoms with E-state index in [9.17, 15) is 14.4 Å². The Morgan fingerprint density at radius 3 is 2.40 bits per heavy atom. The van der Waals surface area contributed by atoms with E-state index in [1.807, 2.05) is 16.8 Å². The molecular formula is C21H25ClN4O3S. The summed E-state index contributed by atoms with van der Waals surface area (Å²) in [5, 5.41) is 16.2. The van der Waals surface area contributed by atoms with Crippen LogP contribution in [0.5, 0.6) is 0 Å². The molecule has 0 aliphatic carbocycles. The fourth-order valence-electron chi connectivity index (χ4n) is 3.38. The molecule has 2 aromatic rings. The van der Waals surface area contributed by atoms with Crippen molar-refractivity contribution in [3.05, 3.63) is 57.2 Å². The lowest BCUT2D eigenvalue weighted by atomic mass is 9.87. The van der Waals surface area contributed by atoms with Gasteiger partial charge in [-0.2, -0.15) is 11.3 Å². The molecule has 0 radical (unpaired) electrons. The van der Waals surface area contributed by atoms with E-state index in [4.69, 9.17) is 11.6 Å². The number of carbonyl (C=O) groups excluding carboxylic acids is 3. The first kappa shape index (κ1) is 22.3. The SMILES string of the molecule is O=C(Cc1ccsc1)NC1(C(=O)NCCNC(=O)c2ccc(Cl)cc2)CCNCC1. The van der Waals surface area contributed by atoms with E-state index in [1.54, 1.807) is 24.3 Å². The van der Waals surface area contributed by atoms with Crippen LogP contribution in [0.15, 0.2) is 41.1 Å². The van der Waals surface area contributed by atoms with Crippen molar-refractivity contribution in [1.29, 1.82) is 0 Å². The van der Waals surface area contributed by atoms with Gasteiger partial charge in [0.2, 0.25) is 11.8 Å². The molecule has 1 saturated heterocycles. The lowest BCUT2D eigenvalue weighted by Crippen LogP contribution is -2.63. The van der Waals surface area contributed by atoms with Crippen LogP contribution in [-0.4, -0.2) is 49.4 Å². The topological polar surface area (TPSA) is 99.3 Å². The second kappa shape index (κ2) is 10.6. The van der Waals surface area contributed by atoms with Crippen molar-refractivity contribution in [3.63, 3.8) is 0 Å². The van der Waals surface area contributed by atoms with Crippen molar-refractivity contribution in [2.75, 3.05) is 26.2 Å². The second-order valence-corrected chi connectivity index (χ2v) is 8.42. The van der Waals surface area contributed by atoms with Gasteiger partial charge in [0.25, 0.3) is 5.91 Å². The van der Waals surface area contributed by atoms with Crippen LogP contribution in [0.4, 0.5) is 0 Å². The van der Waals surface area contributed by atoms with E-state index < -0.39 is 5.54 Å². The highest BCUT2D eigenvalue weighted by molar-refractivity contribution is 7.08. The zero-order valence-electron chi connectivity index (χ0n) is 16.5. The van der Waals surface area contributed by atoms with Crippen LogP contribution in [0.25, 0.3) is 0 Å². The number of nitrogens with one attached hydrogen (secondary N) is 4. The Kier molecular flexibility index (Phi) is 7.84. The Morgan fingerprint density at radius 1 is 1.03 bits per heavy atom. The third-order valence-electron chi connectivity index (χ3n) is 5.02. The maximum atomic E-state index is 12.9. The van der Waals surface area contributed by atoms with Gasteiger partial charge in [0.15, 0.2) is 0 Å². The van der Waals surface area contributed by atoms with E-state index >= 15 is 0 Å². The van der Waals surface area contributed by atoms with Crippen LogP contribution < -0.4 is 21.3 Å². The average molecular weight is 449 g/mol. The highest BCUT2D eigenvalue weighted by Crippen LogP contribution is 2.19. The molecule has 1 aromatic heterocycles. The smallest absolute Gasteiger partial charge is 0.251 e. The van der Waals surface area contributed by atoms with Crippen molar-refractivity contribution in [1.82, 2.24) is 21.3 Å². The van der Waals surface area contributed by atoms with Gasteiger partial charge in [-0.3, -0.25) is 14.4 Å². The van der Waals surface area contributed by atoms with Gasteiger partial charge in [-0.1, -0.05) is 11.6 Å².